The maximum absolute atomic E-state index is 12.6. The third kappa shape index (κ3) is 35.8. The number of rotatable bonds is 34. The number of phosphoric acid groups is 1. The Hall–Kier alpha value is -1.77. The van der Waals surface area contributed by atoms with E-state index in [1.165, 1.54) is 64.2 Å². The number of hydrogen-bond donors (Lipinski definition) is 1. The molecule has 0 heterocycles. The van der Waals surface area contributed by atoms with Gasteiger partial charge in [-0.3, -0.25) is 18.6 Å². The first kappa shape index (κ1) is 47.2. The number of unbranched alkanes of at least 4 members (excludes halogenated alkanes) is 14. The van der Waals surface area contributed by atoms with Crippen molar-refractivity contribution >= 4 is 19.8 Å². The van der Waals surface area contributed by atoms with E-state index in [9.17, 15) is 19.0 Å². The zero-order chi connectivity index (χ0) is 36.5. The van der Waals surface area contributed by atoms with Gasteiger partial charge in [0, 0.05) is 12.8 Å². The Morgan fingerprint density at radius 1 is 0.633 bits per heavy atom. The summed E-state index contributed by atoms with van der Waals surface area (Å²) in [5.41, 5.74) is 0. The van der Waals surface area contributed by atoms with Gasteiger partial charge in [-0.1, -0.05) is 121 Å². The lowest BCUT2D eigenvalue weighted by Gasteiger charge is -2.24. The smallest absolute Gasteiger partial charge is 0.462 e. The summed E-state index contributed by atoms with van der Waals surface area (Å²) in [6, 6.07) is 0. The number of carbonyl (C=O) groups is 2. The van der Waals surface area contributed by atoms with Gasteiger partial charge in [-0.05, 0) is 51.4 Å². The first-order valence-electron chi connectivity index (χ1n) is 19.2. The molecular weight excluding hydrogens is 641 g/mol. The average molecular weight is 715 g/mol. The van der Waals surface area contributed by atoms with Gasteiger partial charge in [0.25, 0.3) is 0 Å². The lowest BCUT2D eigenvalue weighted by Crippen LogP contribution is -2.37. The molecule has 49 heavy (non-hydrogen) atoms. The lowest BCUT2D eigenvalue weighted by atomic mass is 10.1. The third-order valence-corrected chi connectivity index (χ3v) is 8.91. The van der Waals surface area contributed by atoms with Crippen molar-refractivity contribution in [2.75, 3.05) is 47.5 Å². The van der Waals surface area contributed by atoms with Crippen LogP contribution in [0.25, 0.3) is 0 Å². The zero-order valence-corrected chi connectivity index (χ0v) is 32.8. The fourth-order valence-electron chi connectivity index (χ4n) is 4.84. The first-order chi connectivity index (χ1) is 23.5. The van der Waals surface area contributed by atoms with Crippen LogP contribution in [0.2, 0.25) is 0 Å². The van der Waals surface area contributed by atoms with E-state index in [4.69, 9.17) is 18.5 Å². The van der Waals surface area contributed by atoms with Gasteiger partial charge in [0.05, 0.1) is 27.7 Å². The van der Waals surface area contributed by atoms with Gasteiger partial charge in [0.15, 0.2) is 6.10 Å². The molecule has 0 aromatic rings. The first-order valence-corrected chi connectivity index (χ1v) is 20.7. The van der Waals surface area contributed by atoms with Crippen LogP contribution in [-0.4, -0.2) is 74.9 Å². The molecule has 0 saturated carbocycles. The van der Waals surface area contributed by atoms with Gasteiger partial charge >= 0.3 is 19.8 Å². The van der Waals surface area contributed by atoms with Crippen molar-refractivity contribution in [3.8, 4) is 0 Å². The molecule has 0 aliphatic carbocycles. The Labute approximate surface area is 300 Å². The Bertz CT molecular complexity index is 944. The molecule has 0 amide bonds. The van der Waals surface area contributed by atoms with E-state index in [0.717, 1.165) is 44.9 Å². The molecule has 0 aromatic heterocycles. The molecule has 286 valence electrons. The van der Waals surface area contributed by atoms with Crippen molar-refractivity contribution in [1.29, 1.82) is 0 Å². The Morgan fingerprint density at radius 2 is 1.10 bits per heavy atom. The number of phosphoric ester groups is 1. The van der Waals surface area contributed by atoms with E-state index in [-0.39, 0.29) is 26.1 Å². The van der Waals surface area contributed by atoms with E-state index >= 15 is 0 Å². The maximum Gasteiger partial charge on any atom is 0.472 e. The molecule has 1 N–H and O–H groups in total. The Morgan fingerprint density at radius 3 is 1.67 bits per heavy atom. The molecule has 0 radical (unpaired) electrons. The van der Waals surface area contributed by atoms with Gasteiger partial charge in [0.2, 0.25) is 0 Å². The maximum atomic E-state index is 12.6. The minimum Gasteiger partial charge on any atom is -0.462 e. The highest BCUT2D eigenvalue weighted by Gasteiger charge is 2.27. The minimum absolute atomic E-state index is 0.0260. The summed E-state index contributed by atoms with van der Waals surface area (Å²) in [5.74, 6) is -0.847. The molecular formula is C39H73NO8P+. The third-order valence-electron chi connectivity index (χ3n) is 7.92. The van der Waals surface area contributed by atoms with Crippen LogP contribution in [0.1, 0.15) is 149 Å². The zero-order valence-electron chi connectivity index (χ0n) is 31.9. The number of allylic oxidation sites excluding steroid dienone is 6. The number of carbonyl (C=O) groups excluding carboxylic acids is 2. The normalized spacial score (nSPS) is 14.2. The van der Waals surface area contributed by atoms with E-state index in [0.29, 0.717) is 23.9 Å². The number of likely N-dealkylation sites (N-methyl/N-ethyl adjacent to an activating group) is 1. The predicted octanol–water partition coefficient (Wildman–Crippen LogP) is 10.2. The number of esters is 2. The summed E-state index contributed by atoms with van der Waals surface area (Å²) < 4.78 is 34.1. The molecule has 1 unspecified atom stereocenters. The Balaban J connectivity index is 4.49. The molecule has 0 rings (SSSR count). The minimum atomic E-state index is -4.37. The van der Waals surface area contributed by atoms with E-state index < -0.39 is 32.5 Å². The largest absolute Gasteiger partial charge is 0.472 e. The summed E-state index contributed by atoms with van der Waals surface area (Å²) in [7, 11) is 1.45. The van der Waals surface area contributed by atoms with Crippen LogP contribution in [0.5, 0.6) is 0 Å². The van der Waals surface area contributed by atoms with E-state index in [1.807, 2.05) is 21.1 Å². The van der Waals surface area contributed by atoms with Crippen LogP contribution in [0.15, 0.2) is 36.5 Å². The number of hydrogen-bond acceptors (Lipinski definition) is 7. The lowest BCUT2D eigenvalue weighted by molar-refractivity contribution is -0.870. The molecule has 0 aliphatic heterocycles. The summed E-state index contributed by atoms with van der Waals surface area (Å²) >= 11 is 0. The predicted molar refractivity (Wildman–Crippen MR) is 201 cm³/mol. The molecule has 0 bridgehead atoms. The fraction of sp³-hybridized carbons (Fsp3) is 0.795. The van der Waals surface area contributed by atoms with E-state index in [1.54, 1.807) is 0 Å². The number of quaternary nitrogens is 1. The van der Waals surface area contributed by atoms with Crippen LogP contribution in [-0.2, 0) is 32.7 Å². The molecule has 0 spiro atoms. The van der Waals surface area contributed by atoms with Gasteiger partial charge in [0.1, 0.15) is 19.8 Å². The van der Waals surface area contributed by atoms with Crippen molar-refractivity contribution in [3.05, 3.63) is 36.5 Å². The quantitative estimate of drug-likeness (QED) is 0.0231. The van der Waals surface area contributed by atoms with Gasteiger partial charge in [-0.15, -0.1) is 0 Å². The van der Waals surface area contributed by atoms with Crippen molar-refractivity contribution in [1.82, 2.24) is 0 Å². The highest BCUT2D eigenvalue weighted by Crippen LogP contribution is 2.43. The van der Waals surface area contributed by atoms with Crippen LogP contribution in [0.3, 0.4) is 0 Å². The average Bonchev–Trinajstić information content (AvgIpc) is 3.04. The summed E-state index contributed by atoms with van der Waals surface area (Å²) in [4.78, 5) is 35.1. The van der Waals surface area contributed by atoms with Crippen LogP contribution < -0.4 is 0 Å². The SMILES string of the molecule is CCCCC/C=C/C/C=C/C/C=C/CCCCC(=O)OC[C@@H](COP(=O)(O)OCC[N+](C)(C)C)OC(=O)CCCCCCCCCCCC. The molecule has 0 saturated heterocycles. The topological polar surface area (TPSA) is 108 Å². The molecule has 0 fully saturated rings. The van der Waals surface area contributed by atoms with Gasteiger partial charge < -0.3 is 18.9 Å². The molecule has 10 heteroatoms. The second-order valence-corrected chi connectivity index (χ2v) is 15.4. The van der Waals surface area contributed by atoms with Crippen LogP contribution in [0.4, 0.5) is 0 Å². The molecule has 0 aromatic carbocycles. The number of nitrogens with zero attached hydrogens (tertiary/aromatic N) is 1. The number of ether oxygens (including phenoxy) is 2. The standard InChI is InChI=1S/C39H72NO8P/c1-6-8-10-12-14-16-18-19-20-21-22-24-25-27-29-31-38(41)45-35-37(36-47-49(43,44)46-34-33-40(3,4)5)48-39(42)32-30-28-26-23-17-15-13-11-9-7-2/h14,16,19-20,22,24,37H,6-13,15,17-18,21,23,25-36H2,1-5H3/p+1/b16-14+,20-19+,24-22+/t37-/m0/s1. The summed E-state index contributed by atoms with van der Waals surface area (Å²) in [5, 5.41) is 0. The second-order valence-electron chi connectivity index (χ2n) is 14.0. The van der Waals surface area contributed by atoms with Crippen molar-refractivity contribution in [2.45, 2.75) is 155 Å². The van der Waals surface area contributed by atoms with Crippen LogP contribution in [0, 0.1) is 0 Å². The van der Waals surface area contributed by atoms with Gasteiger partial charge in [-0.25, -0.2) is 4.57 Å². The van der Waals surface area contributed by atoms with E-state index in [2.05, 4.69) is 50.3 Å². The fourth-order valence-corrected chi connectivity index (χ4v) is 5.58. The molecule has 9 nitrogen and oxygen atoms in total. The summed E-state index contributed by atoms with van der Waals surface area (Å²) in [6.07, 6.45) is 33.4. The molecule has 2 atom stereocenters. The van der Waals surface area contributed by atoms with Gasteiger partial charge in [-0.2, -0.15) is 0 Å². The molecule has 0 aliphatic rings. The Kier molecular flexibility index (Phi) is 31.0. The van der Waals surface area contributed by atoms with Crippen molar-refractivity contribution < 1.29 is 42.1 Å². The van der Waals surface area contributed by atoms with Crippen molar-refractivity contribution in [3.63, 3.8) is 0 Å². The highest BCUT2D eigenvalue weighted by molar-refractivity contribution is 7.47. The summed E-state index contributed by atoms with van der Waals surface area (Å²) in [6.45, 7) is 4.31. The monoisotopic (exact) mass is 715 g/mol. The van der Waals surface area contributed by atoms with Crippen LogP contribution >= 0.6 is 7.82 Å². The van der Waals surface area contributed by atoms with Crippen molar-refractivity contribution in [2.24, 2.45) is 0 Å². The highest BCUT2D eigenvalue weighted by atomic mass is 31.2. The second kappa shape index (κ2) is 32.2.